The van der Waals surface area contributed by atoms with Crippen LogP contribution in [0, 0.1) is 0 Å². The van der Waals surface area contributed by atoms with Gasteiger partial charge in [-0.2, -0.15) is 0 Å². The van der Waals surface area contributed by atoms with Gasteiger partial charge in [0.05, 0.1) is 27.8 Å². The van der Waals surface area contributed by atoms with Crippen LogP contribution < -0.4 is 20.7 Å². The molecule has 0 aliphatic rings. The lowest BCUT2D eigenvalue weighted by atomic mass is 9.95. The second-order valence-corrected chi connectivity index (χ2v) is 25.4. The van der Waals surface area contributed by atoms with Crippen LogP contribution in [0.3, 0.4) is 0 Å². The highest BCUT2D eigenvalue weighted by Gasteiger charge is 2.41. The Morgan fingerprint density at radius 1 is 0.232 bits per heavy atom. The van der Waals surface area contributed by atoms with Crippen molar-refractivity contribution >= 4 is 94.4 Å². The summed E-state index contributed by atoms with van der Waals surface area (Å²) < 4.78 is 12.0. The molecule has 3 aromatic heterocycles. The van der Waals surface area contributed by atoms with Crippen molar-refractivity contribution in [2.75, 3.05) is 0 Å². The van der Waals surface area contributed by atoms with Gasteiger partial charge in [0.15, 0.2) is 13.7 Å². The Labute approximate surface area is 476 Å². The maximum absolute atomic E-state index is 7.11. The Morgan fingerprint density at radius 3 is 1.23 bits per heavy atom. The molecule has 0 aliphatic carbocycles. The van der Waals surface area contributed by atoms with Gasteiger partial charge in [-0.15, -0.1) is 0 Å². The van der Waals surface area contributed by atoms with Crippen LogP contribution in [0.5, 0.6) is 0 Å². The minimum Gasteiger partial charge on any atom is -0.454 e. The van der Waals surface area contributed by atoms with Crippen molar-refractivity contribution in [2.45, 2.75) is 0 Å². The van der Waals surface area contributed by atoms with E-state index in [2.05, 4.69) is 325 Å². The van der Waals surface area contributed by atoms with Crippen molar-refractivity contribution in [3.05, 3.63) is 315 Å². The molecule has 0 fully saturated rings. The Hall–Kier alpha value is -10.5. The summed E-state index contributed by atoms with van der Waals surface area (Å²) in [5.41, 5.74) is 17.7. The summed E-state index contributed by atoms with van der Waals surface area (Å²) in [6.45, 7) is 0. The maximum Gasteiger partial charge on any atom is 0.179 e. The maximum atomic E-state index is 7.11. The Morgan fingerprint density at radius 2 is 0.659 bits per heavy atom. The van der Waals surface area contributed by atoms with E-state index in [0.717, 1.165) is 66.6 Å². The van der Waals surface area contributed by atoms with Gasteiger partial charge in [0.1, 0.15) is 5.58 Å². The second kappa shape index (κ2) is 19.4. The molecule has 384 valence electrons. The quantitative estimate of drug-likeness (QED) is 0.0989. The first-order valence-corrected chi connectivity index (χ1v) is 30.2. The monoisotopic (exact) mass is 1060 g/mol. The molecule has 0 spiro atoms. The van der Waals surface area contributed by atoms with E-state index in [1.165, 1.54) is 75.6 Å². The fourth-order valence-corrected chi connectivity index (χ4v) is 18.1. The number of furan rings is 1. The number of nitrogens with zero attached hydrogens (tertiary/aromatic N) is 2. The summed E-state index contributed by atoms with van der Waals surface area (Å²) in [6, 6.07) is 116. The molecule has 0 amide bonds. The highest BCUT2D eigenvalue weighted by molar-refractivity contribution is 7.20. The number of aromatic nitrogens is 2. The van der Waals surface area contributed by atoms with Gasteiger partial charge < -0.3 is 13.6 Å². The van der Waals surface area contributed by atoms with Gasteiger partial charge in [0, 0.05) is 38.0 Å². The molecule has 4 heteroatoms. The lowest BCUT2D eigenvalue weighted by molar-refractivity contribution is 0.666. The zero-order valence-corrected chi connectivity index (χ0v) is 45.8. The Bertz CT molecular complexity index is 4940. The van der Waals surface area contributed by atoms with Gasteiger partial charge in [-0.3, -0.25) is 0 Å². The molecule has 0 saturated heterocycles. The second-order valence-electron chi connectivity index (χ2n) is 21.6. The molecule has 16 aromatic rings. The van der Waals surface area contributed by atoms with Crippen molar-refractivity contribution in [3.63, 3.8) is 0 Å². The molecule has 16 rings (SSSR count). The van der Waals surface area contributed by atoms with E-state index in [0.29, 0.717) is 0 Å². The van der Waals surface area contributed by atoms with Gasteiger partial charge in [0.2, 0.25) is 0 Å². The van der Waals surface area contributed by atoms with Crippen LogP contribution in [-0.2, 0) is 0 Å². The first-order valence-electron chi connectivity index (χ1n) is 28.2. The SMILES string of the molecule is c1ccc(-c2cccc(-c3cccc(-c4ccc5oc6c(-n7c8ccccc8c8ccccc87)cc(-c7cccc(-n8c9ccccc9c9cc([Si](c%10ccccc%10)(c%10ccccc%10)c%10ccccc%10)ccc98)c7)cc6c5c4)c3)c2)cc1. The topological polar surface area (TPSA) is 23.0 Å². The van der Waals surface area contributed by atoms with E-state index in [-0.39, 0.29) is 0 Å². The van der Waals surface area contributed by atoms with Gasteiger partial charge in [-0.25, -0.2) is 0 Å². The molecule has 82 heavy (non-hydrogen) atoms. The molecule has 3 nitrogen and oxygen atoms in total. The van der Waals surface area contributed by atoms with Gasteiger partial charge in [-0.1, -0.05) is 243 Å². The van der Waals surface area contributed by atoms with Crippen molar-refractivity contribution < 1.29 is 4.42 Å². The molecular weight excluding hydrogens is 1010 g/mol. The summed E-state index contributed by atoms with van der Waals surface area (Å²) in [5.74, 6) is 0. The first kappa shape index (κ1) is 47.5. The number of hydrogen-bond donors (Lipinski definition) is 0. The van der Waals surface area contributed by atoms with Crippen molar-refractivity contribution in [1.82, 2.24) is 9.13 Å². The third-order valence-corrected chi connectivity index (χ3v) is 21.8. The summed E-state index contributed by atoms with van der Waals surface area (Å²) >= 11 is 0. The van der Waals surface area contributed by atoms with Crippen LogP contribution >= 0.6 is 0 Å². The number of fused-ring (bicyclic) bond motifs is 9. The molecule has 0 radical (unpaired) electrons. The Kier molecular flexibility index (Phi) is 11.2. The third-order valence-electron chi connectivity index (χ3n) is 17.0. The highest BCUT2D eigenvalue weighted by Crippen LogP contribution is 2.43. The van der Waals surface area contributed by atoms with Crippen LogP contribution in [0.1, 0.15) is 0 Å². The molecule has 0 bridgehead atoms. The average molecular weight is 1060 g/mol. The molecule has 0 saturated carbocycles. The van der Waals surface area contributed by atoms with Crippen molar-refractivity contribution in [3.8, 4) is 55.9 Å². The zero-order chi connectivity index (χ0) is 54.1. The van der Waals surface area contributed by atoms with Crippen LogP contribution in [0.4, 0.5) is 0 Å². The third kappa shape index (κ3) is 7.64. The molecule has 0 N–H and O–H groups in total. The van der Waals surface area contributed by atoms with E-state index in [1.807, 2.05) is 0 Å². The van der Waals surface area contributed by atoms with E-state index in [4.69, 9.17) is 4.42 Å². The molecule has 3 heterocycles. The van der Waals surface area contributed by atoms with Gasteiger partial charge >= 0.3 is 0 Å². The standard InChI is InChI=1S/C78H52N2OSi/c1-5-22-53(23-6-1)54-24-19-25-55(46-54)56-26-20-27-57(47-56)59-42-45-77-70(49-59)71-50-60(51-76(78(71)81-77)80-73-40-17-13-36-66(73)67-37-14-18-41-74(67)80)58-28-21-29-61(48-58)79-72-39-16-15-38-68(72)69-52-65(43-44-75(69)79)82(62-30-7-2-8-31-62,63-32-9-3-10-33-63)64-34-11-4-12-35-64/h1-52H. The minimum absolute atomic E-state index is 0.849. The minimum atomic E-state index is -2.80. The summed E-state index contributed by atoms with van der Waals surface area (Å²) in [4.78, 5) is 0. The van der Waals surface area contributed by atoms with E-state index < -0.39 is 8.07 Å². The van der Waals surface area contributed by atoms with Gasteiger partial charge in [0.25, 0.3) is 0 Å². The predicted octanol–water partition coefficient (Wildman–Crippen LogP) is 17.8. The lowest BCUT2D eigenvalue weighted by Gasteiger charge is -2.34. The normalized spacial score (nSPS) is 11.9. The molecular formula is C78H52N2OSi. The van der Waals surface area contributed by atoms with Crippen LogP contribution in [-0.4, -0.2) is 17.2 Å². The van der Waals surface area contributed by atoms with Crippen LogP contribution in [0.15, 0.2) is 320 Å². The Balaban J connectivity index is 0.880. The fourth-order valence-electron chi connectivity index (χ4n) is 13.3. The van der Waals surface area contributed by atoms with E-state index in [1.54, 1.807) is 0 Å². The first-order chi connectivity index (χ1) is 40.7. The number of para-hydroxylation sites is 3. The zero-order valence-electron chi connectivity index (χ0n) is 44.8. The molecule has 0 aliphatic heterocycles. The average Bonchev–Trinajstić information content (AvgIpc) is 3.19. The van der Waals surface area contributed by atoms with Crippen molar-refractivity contribution in [1.29, 1.82) is 0 Å². The van der Waals surface area contributed by atoms with Crippen LogP contribution in [0.2, 0.25) is 0 Å². The lowest BCUT2D eigenvalue weighted by Crippen LogP contribution is -2.74. The molecule has 0 atom stereocenters. The number of rotatable bonds is 10. The largest absolute Gasteiger partial charge is 0.454 e. The van der Waals surface area contributed by atoms with E-state index in [9.17, 15) is 0 Å². The highest BCUT2D eigenvalue weighted by atomic mass is 28.3. The predicted molar refractivity (Wildman–Crippen MR) is 348 cm³/mol. The summed E-state index contributed by atoms with van der Waals surface area (Å²) in [5, 5.41) is 12.4. The molecule has 0 unspecified atom stereocenters. The van der Waals surface area contributed by atoms with Crippen LogP contribution in [0.25, 0.3) is 121 Å². The number of benzene rings is 13. The van der Waals surface area contributed by atoms with E-state index >= 15 is 0 Å². The molecule has 13 aromatic carbocycles. The summed E-state index contributed by atoms with van der Waals surface area (Å²) in [7, 11) is -2.80. The number of hydrogen-bond acceptors (Lipinski definition) is 1. The fraction of sp³-hybridized carbons (Fsp3) is 0. The van der Waals surface area contributed by atoms with Gasteiger partial charge in [-0.05, 0) is 138 Å². The smallest absolute Gasteiger partial charge is 0.179 e. The van der Waals surface area contributed by atoms with Crippen molar-refractivity contribution in [2.24, 2.45) is 0 Å². The summed E-state index contributed by atoms with van der Waals surface area (Å²) in [6.07, 6.45) is 0.